The van der Waals surface area contributed by atoms with E-state index in [9.17, 15) is 4.57 Å². The zero-order valence-corrected chi connectivity index (χ0v) is 17.1. The van der Waals surface area contributed by atoms with E-state index in [-0.39, 0.29) is 0 Å². The molecule has 4 heteroatoms. The van der Waals surface area contributed by atoms with E-state index in [2.05, 4.69) is 71.1 Å². The summed E-state index contributed by atoms with van der Waals surface area (Å²) in [5.74, 6) is 0. The zero-order chi connectivity index (χ0) is 19.8. The van der Waals surface area contributed by atoms with E-state index in [0.717, 1.165) is 38.3 Å². The van der Waals surface area contributed by atoms with Crippen LogP contribution in [-0.2, 0) is 4.57 Å². The predicted molar refractivity (Wildman–Crippen MR) is 124 cm³/mol. The van der Waals surface area contributed by atoms with Crippen LogP contribution in [0.15, 0.2) is 78.9 Å². The minimum absolute atomic E-state index is 0.888. The fourth-order valence-corrected chi connectivity index (χ4v) is 5.32. The lowest BCUT2D eigenvalue weighted by Gasteiger charge is -2.14. The number of aromatic nitrogens is 2. The van der Waals surface area contributed by atoms with Gasteiger partial charge in [0.2, 0.25) is 0 Å². The molecule has 0 atom stereocenters. The average molecular weight is 394 g/mol. The molecule has 0 amide bonds. The highest BCUT2D eigenvalue weighted by molar-refractivity contribution is 7.70. The lowest BCUT2D eigenvalue weighted by Crippen LogP contribution is -2.03. The molecule has 0 radical (unpaired) electrons. The van der Waals surface area contributed by atoms with Crippen LogP contribution >= 0.6 is 7.14 Å². The van der Waals surface area contributed by atoms with E-state index in [4.69, 9.17) is 4.98 Å². The Kier molecular flexibility index (Phi) is 3.29. The van der Waals surface area contributed by atoms with Gasteiger partial charge in [-0.15, -0.1) is 0 Å². The highest BCUT2D eigenvalue weighted by Gasteiger charge is 2.18. The first-order chi connectivity index (χ1) is 14.0. The van der Waals surface area contributed by atoms with Gasteiger partial charge in [0.25, 0.3) is 0 Å². The Labute approximate surface area is 168 Å². The fraction of sp³-hybridized carbons (Fsp3) is 0.0800. The molecule has 140 valence electrons. The smallest absolute Gasteiger partial charge is 0.146 e. The minimum atomic E-state index is -2.38. The van der Waals surface area contributed by atoms with Crippen LogP contribution in [0.4, 0.5) is 0 Å². The Morgan fingerprint density at radius 2 is 1.55 bits per heavy atom. The molecule has 4 aromatic carbocycles. The standard InChI is InChI=1S/C25H19N2OP/c1-29(2,28)17-12-13-19-20(15-17)25-26-21-9-5-6-10-22(21)27(25)23-14-11-16-7-3-4-8-18(16)24(19)23/h3-15H,1-2H3. The number of imidazole rings is 1. The molecule has 0 aliphatic rings. The van der Waals surface area contributed by atoms with Crippen molar-refractivity contribution in [2.24, 2.45) is 0 Å². The largest absolute Gasteiger partial charge is 0.319 e. The van der Waals surface area contributed by atoms with Crippen molar-refractivity contribution in [3.05, 3.63) is 78.9 Å². The maximum atomic E-state index is 12.8. The number of para-hydroxylation sites is 2. The van der Waals surface area contributed by atoms with Crippen LogP contribution in [0.1, 0.15) is 0 Å². The number of fused-ring (bicyclic) bond motifs is 10. The van der Waals surface area contributed by atoms with Gasteiger partial charge in [0, 0.05) is 16.1 Å². The number of nitrogens with zero attached hydrogens (tertiary/aromatic N) is 2. The van der Waals surface area contributed by atoms with Crippen molar-refractivity contribution >= 4 is 61.6 Å². The topological polar surface area (TPSA) is 34.4 Å². The summed E-state index contributed by atoms with van der Waals surface area (Å²) in [7, 11) is -2.38. The Hall–Kier alpha value is -3.16. The summed E-state index contributed by atoms with van der Waals surface area (Å²) in [6.07, 6.45) is 0. The molecule has 0 aliphatic heterocycles. The number of benzene rings is 4. The number of hydrogen-bond acceptors (Lipinski definition) is 2. The quantitative estimate of drug-likeness (QED) is 0.246. The van der Waals surface area contributed by atoms with E-state index >= 15 is 0 Å². The van der Waals surface area contributed by atoms with Gasteiger partial charge in [-0.25, -0.2) is 4.98 Å². The molecule has 3 nitrogen and oxygen atoms in total. The van der Waals surface area contributed by atoms with Gasteiger partial charge < -0.3 is 4.57 Å². The first-order valence-electron chi connectivity index (χ1n) is 9.72. The maximum Gasteiger partial charge on any atom is 0.146 e. The second-order valence-electron chi connectivity index (χ2n) is 8.02. The molecule has 0 fully saturated rings. The lowest BCUT2D eigenvalue weighted by molar-refractivity contribution is 0.588. The third-order valence-electron chi connectivity index (χ3n) is 5.84. The molecule has 0 spiro atoms. The van der Waals surface area contributed by atoms with Gasteiger partial charge in [0.05, 0.1) is 16.6 Å². The van der Waals surface area contributed by atoms with Crippen molar-refractivity contribution < 1.29 is 4.57 Å². The monoisotopic (exact) mass is 394 g/mol. The summed E-state index contributed by atoms with van der Waals surface area (Å²) in [5.41, 5.74) is 4.12. The van der Waals surface area contributed by atoms with Crippen molar-refractivity contribution in [3.63, 3.8) is 0 Å². The lowest BCUT2D eigenvalue weighted by atomic mass is 9.99. The van der Waals surface area contributed by atoms with Gasteiger partial charge in [0.15, 0.2) is 0 Å². The molecule has 0 saturated carbocycles. The van der Waals surface area contributed by atoms with Gasteiger partial charge in [0.1, 0.15) is 12.8 Å². The molecule has 6 aromatic rings. The van der Waals surface area contributed by atoms with Gasteiger partial charge >= 0.3 is 0 Å². The van der Waals surface area contributed by atoms with Gasteiger partial charge in [-0.2, -0.15) is 0 Å². The number of hydrogen-bond donors (Lipinski definition) is 0. The first kappa shape index (κ1) is 16.8. The Morgan fingerprint density at radius 3 is 2.41 bits per heavy atom. The Bertz CT molecular complexity index is 1660. The van der Waals surface area contributed by atoms with Crippen molar-refractivity contribution in [1.82, 2.24) is 9.38 Å². The summed E-state index contributed by atoms with van der Waals surface area (Å²) in [4.78, 5) is 4.97. The van der Waals surface area contributed by atoms with Crippen molar-refractivity contribution in [2.45, 2.75) is 0 Å². The molecular formula is C25H19N2OP. The molecule has 0 aliphatic carbocycles. The van der Waals surface area contributed by atoms with Crippen LogP contribution in [0.3, 0.4) is 0 Å². The molecule has 0 unspecified atom stereocenters. The van der Waals surface area contributed by atoms with Gasteiger partial charge in [-0.1, -0.05) is 54.6 Å². The van der Waals surface area contributed by atoms with Crippen LogP contribution in [0.5, 0.6) is 0 Å². The van der Waals surface area contributed by atoms with E-state index in [1.165, 1.54) is 16.2 Å². The maximum absolute atomic E-state index is 12.8. The molecule has 2 aromatic heterocycles. The summed E-state index contributed by atoms with van der Waals surface area (Å²) in [6, 6.07) is 27.3. The van der Waals surface area contributed by atoms with E-state index in [0.29, 0.717) is 0 Å². The van der Waals surface area contributed by atoms with Crippen LogP contribution in [-0.4, -0.2) is 22.7 Å². The van der Waals surface area contributed by atoms with E-state index in [1.807, 2.05) is 25.5 Å². The summed E-state index contributed by atoms with van der Waals surface area (Å²) in [6.45, 7) is 3.65. The van der Waals surface area contributed by atoms with Gasteiger partial charge in [-0.3, -0.25) is 4.40 Å². The third kappa shape index (κ3) is 2.31. The van der Waals surface area contributed by atoms with Gasteiger partial charge in [-0.05, 0) is 53.8 Å². The van der Waals surface area contributed by atoms with Crippen LogP contribution < -0.4 is 5.30 Å². The second-order valence-corrected chi connectivity index (χ2v) is 11.2. The Balaban J connectivity index is 1.99. The average Bonchev–Trinajstić information content (AvgIpc) is 3.12. The molecular weight excluding hydrogens is 375 g/mol. The van der Waals surface area contributed by atoms with Crippen molar-refractivity contribution in [2.75, 3.05) is 13.3 Å². The predicted octanol–water partition coefficient (Wildman–Crippen LogP) is 6.20. The van der Waals surface area contributed by atoms with E-state index < -0.39 is 7.14 Å². The van der Waals surface area contributed by atoms with Crippen molar-refractivity contribution in [3.8, 4) is 0 Å². The number of rotatable bonds is 1. The Morgan fingerprint density at radius 1 is 0.759 bits per heavy atom. The highest BCUT2D eigenvalue weighted by atomic mass is 31.2. The molecule has 0 saturated heterocycles. The molecule has 6 rings (SSSR count). The fourth-order valence-electron chi connectivity index (χ4n) is 4.45. The third-order valence-corrected chi connectivity index (χ3v) is 7.37. The summed E-state index contributed by atoms with van der Waals surface area (Å²) < 4.78 is 15.1. The molecule has 0 bridgehead atoms. The molecule has 0 N–H and O–H groups in total. The highest BCUT2D eigenvalue weighted by Crippen LogP contribution is 2.39. The van der Waals surface area contributed by atoms with Crippen LogP contribution in [0.2, 0.25) is 0 Å². The number of pyridine rings is 1. The van der Waals surface area contributed by atoms with Crippen molar-refractivity contribution in [1.29, 1.82) is 0 Å². The van der Waals surface area contributed by atoms with E-state index in [1.54, 1.807) is 0 Å². The summed E-state index contributed by atoms with van der Waals surface area (Å²) >= 11 is 0. The first-order valence-corrected chi connectivity index (χ1v) is 12.3. The SMILES string of the molecule is CP(C)(=O)c1ccc2c(c1)c1nc3ccccc3n1c1ccc3ccccc3c21. The minimum Gasteiger partial charge on any atom is -0.319 e. The normalized spacial score (nSPS) is 12.6. The molecule has 29 heavy (non-hydrogen) atoms. The summed E-state index contributed by atoms with van der Waals surface area (Å²) in [5, 5.41) is 6.73. The zero-order valence-electron chi connectivity index (χ0n) is 16.3. The van der Waals surface area contributed by atoms with Crippen LogP contribution in [0.25, 0.3) is 49.1 Å². The molecule has 2 heterocycles. The van der Waals surface area contributed by atoms with Crippen LogP contribution in [0, 0.1) is 0 Å². The second kappa shape index (κ2) is 5.68.